The van der Waals surface area contributed by atoms with Gasteiger partial charge in [-0.05, 0) is 96.3 Å². The first-order valence-corrected chi connectivity index (χ1v) is 25.4. The Bertz CT molecular complexity index is 1330. The zero-order valence-corrected chi connectivity index (χ0v) is 40.5. The number of hydrogen-bond donors (Lipinski definition) is 0. The predicted octanol–water partition coefficient (Wildman–Crippen LogP) is 16.8. The summed E-state index contributed by atoms with van der Waals surface area (Å²) < 4.78 is 16.7. The highest BCUT2D eigenvalue weighted by Crippen LogP contribution is 2.13. The summed E-state index contributed by atoms with van der Waals surface area (Å²) in [5.41, 5.74) is 0. The summed E-state index contributed by atoms with van der Waals surface area (Å²) in [4.78, 5) is 37.9. The van der Waals surface area contributed by atoms with Gasteiger partial charge in [-0.2, -0.15) is 0 Å². The molecule has 0 amide bonds. The minimum atomic E-state index is -0.828. The van der Waals surface area contributed by atoms with E-state index in [0.29, 0.717) is 19.3 Å². The molecule has 0 rings (SSSR count). The van der Waals surface area contributed by atoms with Crippen molar-refractivity contribution in [3.63, 3.8) is 0 Å². The van der Waals surface area contributed by atoms with E-state index >= 15 is 0 Å². The number of ether oxygens (including phenoxy) is 3. The Morgan fingerprint density at radius 2 is 0.635 bits per heavy atom. The molecule has 0 aliphatic carbocycles. The maximum absolute atomic E-state index is 12.8. The lowest BCUT2D eigenvalue weighted by molar-refractivity contribution is -0.167. The van der Waals surface area contributed by atoms with Crippen LogP contribution >= 0.6 is 0 Å². The van der Waals surface area contributed by atoms with Gasteiger partial charge in [0.2, 0.25) is 0 Å². The monoisotopic (exact) mass is 873 g/mol. The van der Waals surface area contributed by atoms with Crippen LogP contribution in [0.25, 0.3) is 0 Å². The molecule has 0 aromatic rings. The van der Waals surface area contributed by atoms with Gasteiger partial charge >= 0.3 is 17.9 Å². The quantitative estimate of drug-likeness (QED) is 0.0263. The van der Waals surface area contributed by atoms with Gasteiger partial charge in [-0.15, -0.1) is 0 Å². The Hall–Kier alpha value is -3.93. The Morgan fingerprint density at radius 3 is 1.03 bits per heavy atom. The zero-order valence-electron chi connectivity index (χ0n) is 40.5. The van der Waals surface area contributed by atoms with Gasteiger partial charge in [-0.3, -0.25) is 14.4 Å². The Balaban J connectivity index is 4.57. The summed E-state index contributed by atoms with van der Waals surface area (Å²) in [5, 5.41) is 0. The third-order valence-corrected chi connectivity index (χ3v) is 10.3. The van der Waals surface area contributed by atoms with Crippen LogP contribution in [0.4, 0.5) is 0 Å². The molecule has 0 radical (unpaired) electrons. The molecule has 6 nitrogen and oxygen atoms in total. The first kappa shape index (κ1) is 59.1. The zero-order chi connectivity index (χ0) is 45.8. The highest BCUT2D eigenvalue weighted by Gasteiger charge is 2.19. The van der Waals surface area contributed by atoms with Crippen LogP contribution in [0.2, 0.25) is 0 Å². The van der Waals surface area contributed by atoms with Gasteiger partial charge in [0.05, 0.1) is 0 Å². The van der Waals surface area contributed by atoms with Gasteiger partial charge in [0.1, 0.15) is 13.2 Å². The van der Waals surface area contributed by atoms with Crippen molar-refractivity contribution < 1.29 is 28.6 Å². The van der Waals surface area contributed by atoms with Crippen LogP contribution in [0, 0.1) is 0 Å². The number of hydrogen-bond acceptors (Lipinski definition) is 6. The van der Waals surface area contributed by atoms with Crippen molar-refractivity contribution >= 4 is 17.9 Å². The molecular formula is C57H92O6. The molecular weight excluding hydrogens is 781 g/mol. The standard InChI is InChI=1S/C57H92O6/c1-4-7-10-13-16-19-22-24-26-28-30-32-35-38-41-44-47-50-56(59)62-53-54(52-61-55(58)49-46-43-40-37-34-21-18-15-12-9-6-3)63-57(60)51-48-45-42-39-36-33-31-29-27-25-23-20-17-14-11-8-5-2/h7,10,16-17,19-20,24-27,30-33,38-39,41-42,54H,4-6,8-9,11-15,18,21-23,28-29,34-37,40,43-53H2,1-3H3/b10-7-,19-16-,20-17-,26-24-,27-25-,32-30-,33-31-,41-38-,42-39-. The molecule has 1 unspecified atom stereocenters. The van der Waals surface area contributed by atoms with E-state index in [4.69, 9.17) is 14.2 Å². The van der Waals surface area contributed by atoms with Crippen LogP contribution in [0.1, 0.15) is 213 Å². The molecule has 0 fully saturated rings. The minimum Gasteiger partial charge on any atom is -0.462 e. The van der Waals surface area contributed by atoms with Crippen LogP contribution in [0.15, 0.2) is 109 Å². The highest BCUT2D eigenvalue weighted by atomic mass is 16.6. The van der Waals surface area contributed by atoms with Crippen LogP contribution < -0.4 is 0 Å². The number of allylic oxidation sites excluding steroid dienone is 18. The van der Waals surface area contributed by atoms with E-state index < -0.39 is 6.10 Å². The molecule has 6 heteroatoms. The smallest absolute Gasteiger partial charge is 0.306 e. The fraction of sp³-hybridized carbons (Fsp3) is 0.632. The van der Waals surface area contributed by atoms with E-state index in [2.05, 4.69) is 130 Å². The van der Waals surface area contributed by atoms with Crippen LogP contribution in [0.3, 0.4) is 0 Å². The molecule has 63 heavy (non-hydrogen) atoms. The van der Waals surface area contributed by atoms with Gasteiger partial charge in [0.25, 0.3) is 0 Å². The summed E-state index contributed by atoms with van der Waals surface area (Å²) >= 11 is 0. The normalized spacial score (nSPS) is 13.0. The molecule has 0 saturated heterocycles. The average molecular weight is 873 g/mol. The second-order valence-corrected chi connectivity index (χ2v) is 16.3. The van der Waals surface area contributed by atoms with Crippen molar-refractivity contribution in [3.05, 3.63) is 109 Å². The molecule has 0 bridgehead atoms. The number of carbonyl (C=O) groups is 3. The fourth-order valence-corrected chi connectivity index (χ4v) is 6.47. The molecule has 0 heterocycles. The van der Waals surface area contributed by atoms with Gasteiger partial charge < -0.3 is 14.2 Å². The SMILES string of the molecule is CC/C=C\C/C=C\C/C=C\C/C=C\C/C=C\CCCC(=O)OCC(COC(=O)CCCCCCCCCCCCC)OC(=O)CCC/C=C\C/C=C\C/C=C\C/C=C\CCCCC. The second-order valence-electron chi connectivity index (χ2n) is 16.3. The number of esters is 3. The average Bonchev–Trinajstić information content (AvgIpc) is 3.28. The number of carbonyl (C=O) groups excluding carboxylic acids is 3. The van der Waals surface area contributed by atoms with Crippen LogP contribution in [-0.2, 0) is 28.6 Å². The first-order chi connectivity index (χ1) is 31.0. The molecule has 0 aliphatic heterocycles. The maximum atomic E-state index is 12.8. The van der Waals surface area contributed by atoms with Crippen LogP contribution in [-0.4, -0.2) is 37.2 Å². The number of unbranched alkanes of at least 4 members (excludes halogenated alkanes) is 15. The van der Waals surface area contributed by atoms with Gasteiger partial charge in [0, 0.05) is 19.3 Å². The topological polar surface area (TPSA) is 78.9 Å². The lowest BCUT2D eigenvalue weighted by atomic mass is 10.1. The lowest BCUT2D eigenvalue weighted by Crippen LogP contribution is -2.30. The third-order valence-electron chi connectivity index (χ3n) is 10.3. The Labute approximate surface area is 387 Å². The van der Waals surface area contributed by atoms with E-state index in [9.17, 15) is 14.4 Å². The molecule has 0 saturated carbocycles. The minimum absolute atomic E-state index is 0.118. The largest absolute Gasteiger partial charge is 0.462 e. The summed E-state index contributed by atoms with van der Waals surface area (Å²) in [7, 11) is 0. The molecule has 0 N–H and O–H groups in total. The summed E-state index contributed by atoms with van der Waals surface area (Å²) in [5.74, 6) is -1.04. The van der Waals surface area contributed by atoms with Gasteiger partial charge in [-0.1, -0.05) is 207 Å². The molecule has 356 valence electrons. The fourth-order valence-electron chi connectivity index (χ4n) is 6.47. The molecule has 0 aliphatic rings. The van der Waals surface area contributed by atoms with Crippen molar-refractivity contribution in [1.29, 1.82) is 0 Å². The predicted molar refractivity (Wildman–Crippen MR) is 270 cm³/mol. The van der Waals surface area contributed by atoms with Gasteiger partial charge in [0.15, 0.2) is 6.10 Å². The first-order valence-electron chi connectivity index (χ1n) is 25.4. The number of rotatable bonds is 44. The molecule has 0 aromatic heterocycles. The summed E-state index contributed by atoms with van der Waals surface area (Å²) in [6.45, 7) is 6.38. The van der Waals surface area contributed by atoms with Crippen LogP contribution in [0.5, 0.6) is 0 Å². The molecule has 0 spiro atoms. The van der Waals surface area contributed by atoms with Crippen molar-refractivity contribution in [1.82, 2.24) is 0 Å². The van der Waals surface area contributed by atoms with E-state index in [1.807, 2.05) is 0 Å². The summed E-state index contributed by atoms with van der Waals surface area (Å²) in [6.07, 6.45) is 67.9. The Kier molecular flexibility index (Phi) is 47.5. The molecule has 1 atom stereocenters. The lowest BCUT2D eigenvalue weighted by Gasteiger charge is -2.18. The second kappa shape index (κ2) is 50.7. The van der Waals surface area contributed by atoms with E-state index in [-0.39, 0.29) is 44.0 Å². The van der Waals surface area contributed by atoms with E-state index in [0.717, 1.165) is 83.5 Å². The van der Waals surface area contributed by atoms with E-state index in [1.54, 1.807) is 0 Å². The Morgan fingerprint density at radius 1 is 0.333 bits per heavy atom. The third kappa shape index (κ3) is 49.0. The molecule has 0 aromatic carbocycles. The van der Waals surface area contributed by atoms with Crippen molar-refractivity contribution in [2.24, 2.45) is 0 Å². The van der Waals surface area contributed by atoms with Gasteiger partial charge in [-0.25, -0.2) is 0 Å². The summed E-state index contributed by atoms with van der Waals surface area (Å²) in [6, 6.07) is 0. The maximum Gasteiger partial charge on any atom is 0.306 e. The van der Waals surface area contributed by atoms with Crippen molar-refractivity contribution in [2.45, 2.75) is 219 Å². The highest BCUT2D eigenvalue weighted by molar-refractivity contribution is 5.71. The van der Waals surface area contributed by atoms with Crippen molar-refractivity contribution in [2.75, 3.05) is 13.2 Å². The van der Waals surface area contributed by atoms with Crippen molar-refractivity contribution in [3.8, 4) is 0 Å². The van der Waals surface area contributed by atoms with E-state index in [1.165, 1.54) is 77.0 Å².